The minimum atomic E-state index is -0.744. The predicted octanol–water partition coefficient (Wildman–Crippen LogP) is 3.68. The van der Waals surface area contributed by atoms with E-state index in [0.29, 0.717) is 17.0 Å². The summed E-state index contributed by atoms with van der Waals surface area (Å²) >= 11 is 0. The second kappa shape index (κ2) is 9.89. The van der Waals surface area contributed by atoms with E-state index in [9.17, 15) is 9.59 Å². The number of carbonyl (C=O) groups excluding carboxylic acids is 2. The molecule has 0 bridgehead atoms. The van der Waals surface area contributed by atoms with Crippen LogP contribution in [0.25, 0.3) is 10.9 Å². The summed E-state index contributed by atoms with van der Waals surface area (Å²) in [5.41, 5.74) is 3.00. The highest BCUT2D eigenvalue weighted by atomic mass is 16.5. The lowest BCUT2D eigenvalue weighted by Gasteiger charge is -2.27. The van der Waals surface area contributed by atoms with Crippen molar-refractivity contribution in [1.82, 2.24) is 9.88 Å². The summed E-state index contributed by atoms with van der Waals surface area (Å²) in [6.07, 6.45) is 0.984. The monoisotopic (exact) mass is 433 g/mol. The van der Waals surface area contributed by atoms with E-state index in [0.717, 1.165) is 43.8 Å². The zero-order valence-electron chi connectivity index (χ0n) is 18.3. The first-order valence-electron chi connectivity index (χ1n) is 10.8. The highest BCUT2D eigenvalue weighted by Gasteiger charge is 2.19. The van der Waals surface area contributed by atoms with Gasteiger partial charge >= 0.3 is 0 Å². The molecule has 166 valence electrons. The number of aromatic nitrogens is 1. The van der Waals surface area contributed by atoms with E-state index >= 15 is 0 Å². The van der Waals surface area contributed by atoms with Crippen molar-refractivity contribution in [3.8, 4) is 5.75 Å². The molecular weight excluding hydrogens is 406 g/mol. The summed E-state index contributed by atoms with van der Waals surface area (Å²) in [5, 5.41) is 3.83. The zero-order valence-corrected chi connectivity index (χ0v) is 18.3. The number of hydrogen-bond donors (Lipinski definition) is 1. The molecule has 3 aromatic rings. The normalized spacial score (nSPS) is 15.3. The van der Waals surface area contributed by atoms with Crippen molar-refractivity contribution in [1.29, 1.82) is 0 Å². The van der Waals surface area contributed by atoms with Crippen molar-refractivity contribution in [3.05, 3.63) is 65.9 Å². The van der Waals surface area contributed by atoms with E-state index in [1.54, 1.807) is 37.4 Å². The Labute approximate surface area is 187 Å². The van der Waals surface area contributed by atoms with Crippen molar-refractivity contribution in [2.24, 2.45) is 0 Å². The third-order valence-corrected chi connectivity index (χ3v) is 5.53. The standard InChI is InChI=1S/C25H27N3O4/c1-17(29)19-5-3-6-21(15-19)27-25(30)18(2)32-23-9-8-20(16-28-11-13-31-14-12-28)22-7-4-10-26-24(22)23/h3-10,15,18H,11-14,16H2,1-2H3,(H,27,30)/t18-/m0/s1. The number of amides is 1. The molecule has 32 heavy (non-hydrogen) atoms. The minimum absolute atomic E-state index is 0.0555. The zero-order chi connectivity index (χ0) is 22.5. The Hall–Kier alpha value is -3.29. The number of fused-ring (bicyclic) bond motifs is 1. The van der Waals surface area contributed by atoms with Gasteiger partial charge in [0, 0.05) is 42.5 Å². The van der Waals surface area contributed by atoms with Crippen LogP contribution in [0, 0.1) is 0 Å². The van der Waals surface area contributed by atoms with Crippen LogP contribution in [-0.2, 0) is 16.1 Å². The average Bonchev–Trinajstić information content (AvgIpc) is 2.81. The smallest absolute Gasteiger partial charge is 0.265 e. The average molecular weight is 434 g/mol. The fraction of sp³-hybridized carbons (Fsp3) is 0.320. The van der Waals surface area contributed by atoms with Crippen LogP contribution in [0.1, 0.15) is 29.8 Å². The van der Waals surface area contributed by atoms with Gasteiger partial charge < -0.3 is 14.8 Å². The summed E-state index contributed by atoms with van der Waals surface area (Å²) in [7, 11) is 0. The molecule has 1 N–H and O–H groups in total. The van der Waals surface area contributed by atoms with Crippen LogP contribution in [0.3, 0.4) is 0 Å². The van der Waals surface area contributed by atoms with Crippen molar-refractivity contribution in [2.45, 2.75) is 26.5 Å². The van der Waals surface area contributed by atoms with Gasteiger partial charge in [0.2, 0.25) is 0 Å². The molecule has 0 aliphatic carbocycles. The number of ketones is 1. The maximum Gasteiger partial charge on any atom is 0.265 e. The molecule has 1 aliphatic rings. The number of anilines is 1. The van der Waals surface area contributed by atoms with Gasteiger partial charge in [0.1, 0.15) is 11.3 Å². The van der Waals surface area contributed by atoms with Gasteiger partial charge in [-0.1, -0.05) is 24.3 Å². The maximum absolute atomic E-state index is 12.7. The number of hydrogen-bond acceptors (Lipinski definition) is 6. The SMILES string of the molecule is CC(=O)c1cccc(NC(=O)[C@H](C)Oc2ccc(CN3CCOCC3)c3cccnc23)c1. The molecule has 2 heterocycles. The summed E-state index contributed by atoms with van der Waals surface area (Å²) in [4.78, 5) is 31.2. The quantitative estimate of drug-likeness (QED) is 0.573. The summed E-state index contributed by atoms with van der Waals surface area (Å²) in [6.45, 7) is 7.31. The van der Waals surface area contributed by atoms with Crippen molar-refractivity contribution < 1.29 is 19.1 Å². The molecule has 0 spiro atoms. The molecule has 4 rings (SSSR count). The number of Topliss-reactive ketones (excluding diaryl/α,β-unsaturated/α-hetero) is 1. The number of carbonyl (C=O) groups is 2. The Morgan fingerprint density at radius 1 is 1.16 bits per heavy atom. The first-order valence-corrected chi connectivity index (χ1v) is 10.8. The van der Waals surface area contributed by atoms with Crippen molar-refractivity contribution >= 4 is 28.3 Å². The van der Waals surface area contributed by atoms with Gasteiger partial charge in [0.25, 0.3) is 5.91 Å². The van der Waals surface area contributed by atoms with Gasteiger partial charge in [-0.15, -0.1) is 0 Å². The van der Waals surface area contributed by atoms with Crippen LogP contribution >= 0.6 is 0 Å². The number of ether oxygens (including phenoxy) is 2. The first kappa shape index (κ1) is 21.9. The Morgan fingerprint density at radius 3 is 2.75 bits per heavy atom. The third-order valence-electron chi connectivity index (χ3n) is 5.53. The van der Waals surface area contributed by atoms with Crippen LogP contribution in [0.5, 0.6) is 5.75 Å². The Balaban J connectivity index is 1.49. The van der Waals surface area contributed by atoms with Gasteiger partial charge in [-0.25, -0.2) is 0 Å². The molecule has 0 saturated carbocycles. The molecule has 2 aromatic carbocycles. The van der Waals surface area contributed by atoms with E-state index in [1.807, 2.05) is 24.3 Å². The van der Waals surface area contributed by atoms with Crippen LogP contribution in [0.4, 0.5) is 5.69 Å². The largest absolute Gasteiger partial charge is 0.479 e. The Morgan fingerprint density at radius 2 is 1.97 bits per heavy atom. The Kier molecular flexibility index (Phi) is 6.78. The fourth-order valence-electron chi connectivity index (χ4n) is 3.74. The number of rotatable bonds is 7. The topological polar surface area (TPSA) is 80.8 Å². The van der Waals surface area contributed by atoms with Gasteiger partial charge in [0.15, 0.2) is 11.9 Å². The van der Waals surface area contributed by atoms with Crippen LogP contribution < -0.4 is 10.1 Å². The van der Waals surface area contributed by atoms with Crippen LogP contribution in [0.2, 0.25) is 0 Å². The predicted molar refractivity (Wildman–Crippen MR) is 123 cm³/mol. The van der Waals surface area contributed by atoms with Crippen molar-refractivity contribution in [3.63, 3.8) is 0 Å². The van der Waals surface area contributed by atoms with Gasteiger partial charge in [0.05, 0.1) is 13.2 Å². The lowest BCUT2D eigenvalue weighted by molar-refractivity contribution is -0.122. The fourth-order valence-corrected chi connectivity index (χ4v) is 3.74. The summed E-state index contributed by atoms with van der Waals surface area (Å²) in [5.74, 6) is 0.207. The molecule has 7 nitrogen and oxygen atoms in total. The van der Waals surface area contributed by atoms with Crippen molar-refractivity contribution in [2.75, 3.05) is 31.6 Å². The molecular formula is C25H27N3O4. The maximum atomic E-state index is 12.7. The summed E-state index contributed by atoms with van der Waals surface area (Å²) < 4.78 is 11.5. The van der Waals surface area contributed by atoms with E-state index in [2.05, 4.69) is 15.2 Å². The molecule has 1 amide bonds. The highest BCUT2D eigenvalue weighted by molar-refractivity contribution is 5.98. The van der Waals surface area contributed by atoms with Gasteiger partial charge in [-0.3, -0.25) is 19.5 Å². The molecule has 0 radical (unpaired) electrons. The van der Waals surface area contributed by atoms with E-state index < -0.39 is 6.10 Å². The molecule has 1 atom stereocenters. The van der Waals surface area contributed by atoms with E-state index in [4.69, 9.17) is 9.47 Å². The van der Waals surface area contributed by atoms with Crippen LogP contribution in [-0.4, -0.2) is 54.0 Å². The lowest BCUT2D eigenvalue weighted by Crippen LogP contribution is -2.35. The number of pyridine rings is 1. The molecule has 1 aromatic heterocycles. The molecule has 7 heteroatoms. The van der Waals surface area contributed by atoms with Gasteiger partial charge in [-0.2, -0.15) is 0 Å². The molecule has 1 saturated heterocycles. The number of nitrogens with one attached hydrogen (secondary N) is 1. The number of morpholine rings is 1. The highest BCUT2D eigenvalue weighted by Crippen LogP contribution is 2.28. The number of nitrogens with zero attached hydrogens (tertiary/aromatic N) is 2. The van der Waals surface area contributed by atoms with Gasteiger partial charge in [-0.05, 0) is 43.7 Å². The van der Waals surface area contributed by atoms with E-state index in [-0.39, 0.29) is 11.7 Å². The number of benzene rings is 2. The van der Waals surface area contributed by atoms with Crippen LogP contribution in [0.15, 0.2) is 54.7 Å². The van der Waals surface area contributed by atoms with E-state index in [1.165, 1.54) is 12.5 Å². The first-order chi connectivity index (χ1) is 15.5. The summed E-state index contributed by atoms with van der Waals surface area (Å²) in [6, 6.07) is 14.7. The second-order valence-electron chi connectivity index (χ2n) is 7.90. The lowest BCUT2D eigenvalue weighted by atomic mass is 10.1. The molecule has 1 aliphatic heterocycles. The minimum Gasteiger partial charge on any atom is -0.479 e. The Bertz CT molecular complexity index is 1130. The molecule has 1 fully saturated rings. The third kappa shape index (κ3) is 5.12. The second-order valence-corrected chi connectivity index (χ2v) is 7.90. The molecule has 0 unspecified atom stereocenters.